The van der Waals surface area contributed by atoms with Crippen LogP contribution < -0.4 is 14.3 Å². The van der Waals surface area contributed by atoms with Gasteiger partial charge < -0.3 is 8.92 Å². The predicted molar refractivity (Wildman–Crippen MR) is 150 cm³/mol. The Balaban J connectivity index is 1.42. The Labute approximate surface area is 231 Å². The third-order valence-corrected chi connectivity index (χ3v) is 8.84. The molecule has 0 aliphatic rings. The second-order valence-corrected chi connectivity index (χ2v) is 12.3. The van der Waals surface area contributed by atoms with Gasteiger partial charge in [0.2, 0.25) is 0 Å². The first kappa shape index (κ1) is 27.1. The maximum atomic E-state index is 12.8. The number of thioether (sulfide) groups is 1. The number of ether oxygens (including phenoxy) is 1. The fraction of sp³-hybridized carbons (Fsp3) is 0.160. The van der Waals surface area contributed by atoms with E-state index in [2.05, 4.69) is 31.4 Å². The molecule has 0 spiro atoms. The Hall–Kier alpha value is -2.93. The maximum absolute atomic E-state index is 12.8. The Morgan fingerprint density at radius 3 is 2.68 bits per heavy atom. The summed E-state index contributed by atoms with van der Waals surface area (Å²) >= 11 is 6.23. The third-order valence-electron chi connectivity index (χ3n) is 4.84. The van der Waals surface area contributed by atoms with Crippen LogP contribution in [0.1, 0.15) is 18.1 Å². The molecule has 12 heteroatoms. The van der Waals surface area contributed by atoms with Crippen LogP contribution in [0.25, 0.3) is 10.2 Å². The van der Waals surface area contributed by atoms with Gasteiger partial charge in [0.1, 0.15) is 4.90 Å². The van der Waals surface area contributed by atoms with Crippen LogP contribution in [0.2, 0.25) is 0 Å². The number of halogens is 1. The van der Waals surface area contributed by atoms with E-state index in [-0.39, 0.29) is 34.7 Å². The van der Waals surface area contributed by atoms with Crippen molar-refractivity contribution in [3.63, 3.8) is 0 Å². The van der Waals surface area contributed by atoms with Gasteiger partial charge in [-0.05, 0) is 71.7 Å². The number of hydrogen-bond acceptors (Lipinski definition) is 9. The molecule has 0 fully saturated rings. The molecule has 3 aromatic carbocycles. The van der Waals surface area contributed by atoms with Crippen LogP contribution in [0.3, 0.4) is 0 Å². The molecule has 0 bridgehead atoms. The monoisotopic (exact) mass is 619 g/mol. The van der Waals surface area contributed by atoms with Crippen LogP contribution in [0.5, 0.6) is 11.5 Å². The van der Waals surface area contributed by atoms with Gasteiger partial charge in [0.15, 0.2) is 15.8 Å². The van der Waals surface area contributed by atoms with Gasteiger partial charge >= 0.3 is 10.1 Å². The van der Waals surface area contributed by atoms with E-state index in [4.69, 9.17) is 8.92 Å². The Morgan fingerprint density at radius 1 is 1.19 bits per heavy atom. The van der Waals surface area contributed by atoms with E-state index in [0.717, 1.165) is 20.1 Å². The van der Waals surface area contributed by atoms with Gasteiger partial charge in [-0.1, -0.05) is 41.6 Å². The first-order chi connectivity index (χ1) is 17.7. The summed E-state index contributed by atoms with van der Waals surface area (Å²) in [6, 6.07) is 17.4. The van der Waals surface area contributed by atoms with E-state index >= 15 is 0 Å². The minimum absolute atomic E-state index is 0.0239. The SMILES string of the molecule is CCOc1cc(/C=N\NC(=O)CSc2nc3ccccc3s2)cc(Br)c1OS(=O)(=O)c1ccc(C)cc1. The van der Waals surface area contributed by atoms with E-state index in [1.54, 1.807) is 31.2 Å². The minimum Gasteiger partial charge on any atom is -0.490 e. The molecular formula is C25H22BrN3O5S3. The van der Waals surface area contributed by atoms with Gasteiger partial charge in [-0.3, -0.25) is 4.79 Å². The number of aromatic nitrogens is 1. The minimum atomic E-state index is -4.08. The predicted octanol–water partition coefficient (Wildman–Crippen LogP) is 5.78. The number of carbonyl (C=O) groups is 1. The zero-order valence-corrected chi connectivity index (χ0v) is 23.8. The lowest BCUT2D eigenvalue weighted by molar-refractivity contribution is -0.118. The summed E-state index contributed by atoms with van der Waals surface area (Å²) in [6.45, 7) is 3.93. The highest BCUT2D eigenvalue weighted by atomic mass is 79.9. The van der Waals surface area contributed by atoms with Crippen molar-refractivity contribution >= 4 is 71.5 Å². The molecule has 37 heavy (non-hydrogen) atoms. The van der Waals surface area contributed by atoms with Crippen molar-refractivity contribution in [1.29, 1.82) is 0 Å². The first-order valence-electron chi connectivity index (χ1n) is 11.0. The lowest BCUT2D eigenvalue weighted by atomic mass is 10.2. The van der Waals surface area contributed by atoms with Gasteiger partial charge in [-0.15, -0.1) is 11.3 Å². The van der Waals surface area contributed by atoms with Crippen LogP contribution >= 0.6 is 39.0 Å². The summed E-state index contributed by atoms with van der Waals surface area (Å²) in [5, 5.41) is 4.01. The molecule has 0 unspecified atom stereocenters. The number of fused-ring (bicyclic) bond motifs is 1. The zero-order chi connectivity index (χ0) is 26.4. The van der Waals surface area contributed by atoms with E-state index in [1.807, 2.05) is 31.2 Å². The number of hydrogen-bond donors (Lipinski definition) is 1. The van der Waals surface area contributed by atoms with Crippen molar-refractivity contribution < 1.29 is 22.1 Å². The summed E-state index contributed by atoms with van der Waals surface area (Å²) in [4.78, 5) is 16.8. The van der Waals surface area contributed by atoms with E-state index in [9.17, 15) is 13.2 Å². The molecule has 0 atom stereocenters. The molecular weight excluding hydrogens is 598 g/mol. The number of hydrazone groups is 1. The van der Waals surface area contributed by atoms with Gasteiger partial charge in [0.25, 0.3) is 5.91 Å². The van der Waals surface area contributed by atoms with Crippen LogP contribution in [-0.2, 0) is 14.9 Å². The standard InChI is InChI=1S/C25H22BrN3O5S3/c1-3-33-21-13-17(12-19(26)24(21)34-37(31,32)18-10-8-16(2)9-11-18)14-27-29-23(30)15-35-25-28-20-6-4-5-7-22(20)36-25/h4-14H,3,15H2,1-2H3,(H,29,30)/b27-14-. The average molecular weight is 621 g/mol. The number of para-hydroxylation sites is 1. The number of carbonyl (C=O) groups excluding carboxylic acids is 1. The van der Waals surface area contributed by atoms with E-state index < -0.39 is 10.1 Å². The molecule has 1 amide bonds. The van der Waals surface area contributed by atoms with Crippen molar-refractivity contribution in [3.8, 4) is 11.5 Å². The average Bonchev–Trinajstić information content (AvgIpc) is 3.28. The van der Waals surface area contributed by atoms with Crippen LogP contribution in [0.4, 0.5) is 0 Å². The number of benzene rings is 3. The third kappa shape index (κ3) is 7.10. The topological polar surface area (TPSA) is 107 Å². The second kappa shape index (κ2) is 12.1. The fourth-order valence-corrected chi connectivity index (χ4v) is 6.59. The number of thiazole rings is 1. The van der Waals surface area contributed by atoms with E-state index in [0.29, 0.717) is 10.0 Å². The summed E-state index contributed by atoms with van der Waals surface area (Å²) in [5.41, 5.74) is 4.89. The van der Waals surface area contributed by atoms with Crippen molar-refractivity contribution in [3.05, 3.63) is 76.3 Å². The van der Waals surface area contributed by atoms with E-state index in [1.165, 1.54) is 41.4 Å². The fourth-order valence-electron chi connectivity index (χ4n) is 3.12. The van der Waals surface area contributed by atoms with Gasteiger partial charge in [0.05, 0.1) is 33.3 Å². The maximum Gasteiger partial charge on any atom is 0.339 e. The molecule has 192 valence electrons. The summed E-state index contributed by atoms with van der Waals surface area (Å²) in [7, 11) is -4.08. The highest BCUT2D eigenvalue weighted by Crippen LogP contribution is 2.38. The zero-order valence-electron chi connectivity index (χ0n) is 19.8. The van der Waals surface area contributed by atoms with Crippen molar-refractivity contribution in [1.82, 2.24) is 10.4 Å². The number of nitrogens with one attached hydrogen (secondary N) is 1. The number of amides is 1. The molecule has 1 heterocycles. The lowest BCUT2D eigenvalue weighted by Crippen LogP contribution is -2.19. The quantitative estimate of drug-likeness (QED) is 0.104. The molecule has 0 radical (unpaired) electrons. The Bertz CT molecular complexity index is 1520. The lowest BCUT2D eigenvalue weighted by Gasteiger charge is -2.14. The van der Waals surface area contributed by atoms with Gasteiger partial charge in [-0.25, -0.2) is 10.4 Å². The summed E-state index contributed by atoms with van der Waals surface area (Å²) in [5.74, 6) is 0.116. The molecule has 4 rings (SSSR count). The van der Waals surface area contributed by atoms with Crippen LogP contribution in [-0.4, -0.2) is 37.9 Å². The van der Waals surface area contributed by atoms with Crippen molar-refractivity contribution in [2.24, 2.45) is 5.10 Å². The van der Waals surface area contributed by atoms with Gasteiger partial charge in [0, 0.05) is 0 Å². The first-order valence-corrected chi connectivity index (χ1v) is 15.0. The summed E-state index contributed by atoms with van der Waals surface area (Å²) < 4.78 is 38.8. The Kier molecular flexibility index (Phi) is 8.85. The number of rotatable bonds is 10. The van der Waals surface area contributed by atoms with Crippen LogP contribution in [0, 0.1) is 6.92 Å². The molecule has 0 saturated carbocycles. The smallest absolute Gasteiger partial charge is 0.339 e. The highest BCUT2D eigenvalue weighted by Gasteiger charge is 2.22. The summed E-state index contributed by atoms with van der Waals surface area (Å²) in [6.07, 6.45) is 1.44. The normalized spacial score (nSPS) is 11.6. The molecule has 0 aliphatic heterocycles. The highest BCUT2D eigenvalue weighted by molar-refractivity contribution is 9.10. The molecule has 4 aromatic rings. The molecule has 8 nitrogen and oxygen atoms in total. The van der Waals surface area contributed by atoms with Crippen molar-refractivity contribution in [2.45, 2.75) is 23.1 Å². The molecule has 0 aliphatic carbocycles. The van der Waals surface area contributed by atoms with Gasteiger partial charge in [-0.2, -0.15) is 13.5 Å². The van der Waals surface area contributed by atoms with Crippen LogP contribution in [0.15, 0.2) is 79.5 Å². The Morgan fingerprint density at radius 2 is 1.95 bits per heavy atom. The second-order valence-electron chi connectivity index (χ2n) is 7.64. The number of nitrogens with zero attached hydrogens (tertiary/aromatic N) is 2. The molecule has 1 aromatic heterocycles. The molecule has 1 N–H and O–H groups in total. The largest absolute Gasteiger partial charge is 0.490 e. The molecule has 0 saturated heterocycles. The van der Waals surface area contributed by atoms with Crippen molar-refractivity contribution in [2.75, 3.05) is 12.4 Å². The number of aryl methyl sites for hydroxylation is 1.